The third kappa shape index (κ3) is 2.72. The maximum Gasteiger partial charge on any atom is 0.136 e. The van der Waals surface area contributed by atoms with E-state index in [9.17, 15) is 0 Å². The van der Waals surface area contributed by atoms with Gasteiger partial charge in [-0.2, -0.15) is 0 Å². The molecular weight excluding hydrogens is 534 g/mol. The number of hydrogen-bond donors (Lipinski definition) is 0. The highest BCUT2D eigenvalue weighted by Gasteiger charge is 2.19. The Kier molecular flexibility index (Phi) is 4.10. The van der Waals surface area contributed by atoms with Crippen LogP contribution in [0.3, 0.4) is 0 Å². The first-order chi connectivity index (χ1) is 21.8. The summed E-state index contributed by atoms with van der Waals surface area (Å²) in [4.78, 5) is 0. The van der Waals surface area contributed by atoms with Gasteiger partial charge < -0.3 is 8.98 Å². The lowest BCUT2D eigenvalue weighted by Gasteiger charge is -2.18. The summed E-state index contributed by atoms with van der Waals surface area (Å²) in [6.07, 6.45) is 0. The van der Waals surface area contributed by atoms with Crippen LogP contribution in [-0.2, 0) is 0 Å². The second kappa shape index (κ2) is 7.94. The van der Waals surface area contributed by atoms with E-state index in [4.69, 9.17) is 4.42 Å². The molecule has 0 aliphatic rings. The minimum Gasteiger partial charge on any atom is -0.456 e. The largest absolute Gasteiger partial charge is 0.456 e. The van der Waals surface area contributed by atoms with Crippen molar-refractivity contribution < 1.29 is 4.42 Å². The summed E-state index contributed by atoms with van der Waals surface area (Å²) in [5.41, 5.74) is 5.40. The second-order valence-electron chi connectivity index (χ2n) is 12.0. The number of fused-ring (bicyclic) bond motifs is 12. The van der Waals surface area contributed by atoms with Crippen LogP contribution in [0.25, 0.3) is 103 Å². The molecule has 0 aliphatic heterocycles. The fraction of sp³-hybridized carbons (Fsp3) is 0. The summed E-state index contributed by atoms with van der Waals surface area (Å²) >= 11 is 0. The standard InChI is InChI=1S/C42H23NO/c1-2-10-26-25(9-1)30-13-7-15-32-27-20-19-24(21-34(27)33-16-8-14-31(26)42(33)41(30)32)43-37-17-5-3-11-28(37)35-23-40-36(22-38(35)43)29-12-4-6-18-39(29)44-40/h1-23H. The van der Waals surface area contributed by atoms with Gasteiger partial charge in [0.05, 0.1) is 11.0 Å². The first-order valence-corrected chi connectivity index (χ1v) is 15.2. The Hall–Kier alpha value is -5.86. The smallest absolute Gasteiger partial charge is 0.136 e. The lowest BCUT2D eigenvalue weighted by atomic mass is 9.86. The van der Waals surface area contributed by atoms with Crippen molar-refractivity contribution in [3.05, 3.63) is 140 Å². The number of aromatic nitrogens is 1. The normalized spacial score (nSPS) is 12.5. The Morgan fingerprint density at radius 1 is 0.318 bits per heavy atom. The summed E-state index contributed by atoms with van der Waals surface area (Å²) < 4.78 is 8.75. The highest BCUT2D eigenvalue weighted by Crippen LogP contribution is 2.45. The fourth-order valence-electron chi connectivity index (χ4n) is 8.09. The topological polar surface area (TPSA) is 18.1 Å². The molecule has 202 valence electrons. The Balaban J connectivity index is 1.31. The molecule has 0 bridgehead atoms. The molecule has 2 heterocycles. The Bertz CT molecular complexity index is 2990. The second-order valence-corrected chi connectivity index (χ2v) is 12.0. The molecule has 11 rings (SSSR count). The minimum atomic E-state index is 0.924. The minimum absolute atomic E-state index is 0.924. The molecule has 0 radical (unpaired) electrons. The van der Waals surface area contributed by atoms with Gasteiger partial charge in [0.2, 0.25) is 0 Å². The van der Waals surface area contributed by atoms with Gasteiger partial charge in [0.1, 0.15) is 11.2 Å². The number of hydrogen-bond acceptors (Lipinski definition) is 1. The number of nitrogens with zero attached hydrogens (tertiary/aromatic N) is 1. The Morgan fingerprint density at radius 2 is 0.886 bits per heavy atom. The van der Waals surface area contributed by atoms with Crippen molar-refractivity contribution in [1.29, 1.82) is 0 Å². The number of furan rings is 1. The van der Waals surface area contributed by atoms with Crippen LogP contribution in [0.15, 0.2) is 144 Å². The van der Waals surface area contributed by atoms with Gasteiger partial charge >= 0.3 is 0 Å². The van der Waals surface area contributed by atoms with E-state index in [0.717, 1.165) is 27.6 Å². The van der Waals surface area contributed by atoms with Crippen LogP contribution in [0, 0.1) is 0 Å². The summed E-state index contributed by atoms with van der Waals surface area (Å²) in [7, 11) is 0. The van der Waals surface area contributed by atoms with Gasteiger partial charge in [0.25, 0.3) is 0 Å². The monoisotopic (exact) mass is 557 g/mol. The average molecular weight is 558 g/mol. The van der Waals surface area contributed by atoms with E-state index in [1.54, 1.807) is 0 Å². The fourth-order valence-corrected chi connectivity index (χ4v) is 8.09. The number of para-hydroxylation sites is 2. The first-order valence-electron chi connectivity index (χ1n) is 15.2. The van der Waals surface area contributed by atoms with Gasteiger partial charge in [-0.25, -0.2) is 0 Å². The van der Waals surface area contributed by atoms with Crippen molar-refractivity contribution in [1.82, 2.24) is 4.57 Å². The van der Waals surface area contributed by atoms with Crippen molar-refractivity contribution in [3.8, 4) is 5.69 Å². The molecule has 0 fully saturated rings. The van der Waals surface area contributed by atoms with Gasteiger partial charge in [-0.15, -0.1) is 0 Å². The van der Waals surface area contributed by atoms with Crippen LogP contribution in [0.2, 0.25) is 0 Å². The zero-order chi connectivity index (χ0) is 28.5. The van der Waals surface area contributed by atoms with Crippen molar-refractivity contribution in [2.45, 2.75) is 0 Å². The van der Waals surface area contributed by atoms with E-state index in [1.807, 2.05) is 6.07 Å². The van der Waals surface area contributed by atoms with Crippen LogP contribution >= 0.6 is 0 Å². The van der Waals surface area contributed by atoms with Crippen molar-refractivity contribution in [2.24, 2.45) is 0 Å². The molecule has 0 saturated carbocycles. The molecule has 0 amide bonds. The predicted molar refractivity (Wildman–Crippen MR) is 187 cm³/mol. The van der Waals surface area contributed by atoms with Crippen molar-refractivity contribution in [2.75, 3.05) is 0 Å². The quantitative estimate of drug-likeness (QED) is 0.145. The molecule has 44 heavy (non-hydrogen) atoms. The lowest BCUT2D eigenvalue weighted by molar-refractivity contribution is 0.669. The summed E-state index contributed by atoms with van der Waals surface area (Å²) in [6, 6.07) is 51.1. The van der Waals surface area contributed by atoms with Crippen LogP contribution in [0.5, 0.6) is 0 Å². The molecule has 0 atom stereocenters. The average Bonchev–Trinajstić information content (AvgIpc) is 3.61. The van der Waals surface area contributed by atoms with Gasteiger partial charge in [-0.3, -0.25) is 0 Å². The molecular formula is C42H23NO. The molecule has 11 aromatic rings. The van der Waals surface area contributed by atoms with Crippen LogP contribution < -0.4 is 0 Å². The van der Waals surface area contributed by atoms with Crippen molar-refractivity contribution in [3.63, 3.8) is 0 Å². The third-order valence-electron chi connectivity index (χ3n) is 9.90. The molecule has 2 nitrogen and oxygen atoms in total. The predicted octanol–water partition coefficient (Wildman–Crippen LogP) is 11.9. The van der Waals surface area contributed by atoms with Gasteiger partial charge in [0, 0.05) is 27.2 Å². The molecule has 0 unspecified atom stereocenters. The Labute approximate surface area is 251 Å². The van der Waals surface area contributed by atoms with E-state index in [0.29, 0.717) is 0 Å². The molecule has 0 saturated heterocycles. The molecule has 0 N–H and O–H groups in total. The lowest BCUT2D eigenvalue weighted by Crippen LogP contribution is -1.95. The number of rotatable bonds is 1. The van der Waals surface area contributed by atoms with Gasteiger partial charge in [-0.05, 0) is 90.3 Å². The maximum absolute atomic E-state index is 6.31. The molecule has 9 aromatic carbocycles. The zero-order valence-electron chi connectivity index (χ0n) is 23.6. The Morgan fingerprint density at radius 3 is 1.61 bits per heavy atom. The SMILES string of the molecule is c1ccc2c(c1)oc1cc3c4ccccc4n(-c4ccc5c(c4)c4cccc6c7ccccc7c7cccc5c7c64)c3cc12. The van der Waals surface area contributed by atoms with Crippen molar-refractivity contribution >= 4 is 97.6 Å². The summed E-state index contributed by atoms with van der Waals surface area (Å²) in [5.74, 6) is 0. The van der Waals surface area contributed by atoms with Crippen LogP contribution in [-0.4, -0.2) is 4.57 Å². The molecule has 2 heteroatoms. The van der Waals surface area contributed by atoms with E-state index in [-0.39, 0.29) is 0 Å². The highest BCUT2D eigenvalue weighted by atomic mass is 16.3. The first kappa shape index (κ1) is 22.7. The third-order valence-corrected chi connectivity index (χ3v) is 9.90. The van der Waals surface area contributed by atoms with E-state index in [1.165, 1.54) is 75.7 Å². The number of benzene rings is 9. The summed E-state index contributed by atoms with van der Waals surface area (Å²) in [5, 5.41) is 17.9. The van der Waals surface area contributed by atoms with E-state index < -0.39 is 0 Å². The maximum atomic E-state index is 6.31. The van der Waals surface area contributed by atoms with Gasteiger partial charge in [0.15, 0.2) is 0 Å². The summed E-state index contributed by atoms with van der Waals surface area (Å²) in [6.45, 7) is 0. The van der Waals surface area contributed by atoms with Gasteiger partial charge in [-0.1, -0.05) is 103 Å². The van der Waals surface area contributed by atoms with E-state index in [2.05, 4.69) is 138 Å². The van der Waals surface area contributed by atoms with Crippen LogP contribution in [0.1, 0.15) is 0 Å². The molecule has 0 spiro atoms. The molecule has 2 aromatic heterocycles. The zero-order valence-corrected chi connectivity index (χ0v) is 23.6. The highest BCUT2D eigenvalue weighted by molar-refractivity contribution is 6.40. The van der Waals surface area contributed by atoms with Crippen LogP contribution in [0.4, 0.5) is 0 Å². The van der Waals surface area contributed by atoms with E-state index >= 15 is 0 Å². The molecule has 0 aliphatic carbocycles.